The van der Waals surface area contributed by atoms with Crippen LogP contribution in [0.25, 0.3) is 0 Å². The summed E-state index contributed by atoms with van der Waals surface area (Å²) >= 11 is 0. The van der Waals surface area contributed by atoms with Crippen molar-refractivity contribution in [3.05, 3.63) is 35.9 Å². The van der Waals surface area contributed by atoms with Gasteiger partial charge in [0, 0.05) is 30.5 Å². The zero-order valence-corrected chi connectivity index (χ0v) is 15.1. The largest absolute Gasteiger partial charge is 0.378 e. The van der Waals surface area contributed by atoms with Crippen LogP contribution in [0.2, 0.25) is 0 Å². The van der Waals surface area contributed by atoms with Crippen molar-refractivity contribution in [1.29, 1.82) is 0 Å². The smallest absolute Gasteiger partial charge is 0.221 e. The molecule has 0 spiro atoms. The van der Waals surface area contributed by atoms with Crippen LogP contribution in [0.1, 0.15) is 39.2 Å². The van der Waals surface area contributed by atoms with Gasteiger partial charge < -0.3 is 15.4 Å². The minimum Gasteiger partial charge on any atom is -0.378 e. The molecule has 1 aliphatic rings. The molecule has 1 aromatic carbocycles. The third-order valence-corrected chi connectivity index (χ3v) is 4.56. The molecule has 0 aliphatic carbocycles. The number of carbonyl (C=O) groups is 1. The van der Waals surface area contributed by atoms with Gasteiger partial charge in [-0.05, 0) is 12.0 Å². The highest BCUT2D eigenvalue weighted by atomic mass is 35.5. The summed E-state index contributed by atoms with van der Waals surface area (Å²) in [7, 11) is 0. The highest BCUT2D eigenvalue weighted by Gasteiger charge is 2.31. The lowest BCUT2D eigenvalue weighted by Gasteiger charge is -2.35. The minimum atomic E-state index is -0.0951. The molecule has 2 atom stereocenters. The summed E-state index contributed by atoms with van der Waals surface area (Å²) in [5.74, 6) is 0.0962. The zero-order chi connectivity index (χ0) is 16.0. The first-order chi connectivity index (χ1) is 10.5. The number of ether oxygens (including phenoxy) is 1. The Kier molecular flexibility index (Phi) is 8.03. The van der Waals surface area contributed by atoms with Gasteiger partial charge in [-0.3, -0.25) is 4.79 Å². The molecular formula is C18H29ClN2O2. The second-order valence-electron chi connectivity index (χ2n) is 6.55. The van der Waals surface area contributed by atoms with Gasteiger partial charge in [0.15, 0.2) is 0 Å². The number of benzene rings is 1. The molecule has 0 saturated carbocycles. The summed E-state index contributed by atoms with van der Waals surface area (Å²) in [4.78, 5) is 12.4. The van der Waals surface area contributed by atoms with E-state index in [0.717, 1.165) is 19.6 Å². The highest BCUT2D eigenvalue weighted by molar-refractivity contribution is 5.85. The van der Waals surface area contributed by atoms with Gasteiger partial charge >= 0.3 is 0 Å². The van der Waals surface area contributed by atoms with Gasteiger partial charge in [0.25, 0.3) is 0 Å². The van der Waals surface area contributed by atoms with E-state index >= 15 is 0 Å². The summed E-state index contributed by atoms with van der Waals surface area (Å²) in [6.07, 6.45) is 1.38. The van der Waals surface area contributed by atoms with E-state index in [1.807, 2.05) is 6.07 Å². The first-order valence-corrected chi connectivity index (χ1v) is 8.20. The van der Waals surface area contributed by atoms with E-state index in [9.17, 15) is 4.79 Å². The summed E-state index contributed by atoms with van der Waals surface area (Å²) < 4.78 is 5.41. The normalized spacial score (nSPS) is 19.5. The molecule has 130 valence electrons. The lowest BCUT2D eigenvalue weighted by molar-refractivity contribution is -0.123. The van der Waals surface area contributed by atoms with Gasteiger partial charge in [-0.15, -0.1) is 12.4 Å². The van der Waals surface area contributed by atoms with Crippen LogP contribution in [0.5, 0.6) is 0 Å². The molecule has 0 radical (unpaired) electrons. The Morgan fingerprint density at radius 2 is 2.09 bits per heavy atom. The predicted molar refractivity (Wildman–Crippen MR) is 96.2 cm³/mol. The van der Waals surface area contributed by atoms with Crippen molar-refractivity contribution < 1.29 is 9.53 Å². The molecule has 23 heavy (non-hydrogen) atoms. The van der Waals surface area contributed by atoms with Gasteiger partial charge in [-0.2, -0.15) is 0 Å². The molecule has 5 heteroatoms. The number of morpholine rings is 1. The van der Waals surface area contributed by atoms with Gasteiger partial charge in [0.05, 0.1) is 13.2 Å². The number of rotatable bonds is 6. The summed E-state index contributed by atoms with van der Waals surface area (Å²) in [6.45, 7) is 8.68. The number of amides is 1. The van der Waals surface area contributed by atoms with E-state index in [1.54, 1.807) is 0 Å². The highest BCUT2D eigenvalue weighted by Crippen LogP contribution is 2.28. The number of nitrogens with one attached hydrogen (secondary N) is 2. The van der Waals surface area contributed by atoms with Crippen LogP contribution in [0.3, 0.4) is 0 Å². The third kappa shape index (κ3) is 5.48. The van der Waals surface area contributed by atoms with Crippen LogP contribution < -0.4 is 10.6 Å². The average Bonchev–Trinajstić information content (AvgIpc) is 2.54. The van der Waals surface area contributed by atoms with Crippen LogP contribution in [-0.4, -0.2) is 37.7 Å². The van der Waals surface area contributed by atoms with Crippen molar-refractivity contribution >= 4 is 18.3 Å². The Hall–Kier alpha value is -1.10. The van der Waals surface area contributed by atoms with Crippen molar-refractivity contribution in [1.82, 2.24) is 10.6 Å². The van der Waals surface area contributed by atoms with E-state index in [1.165, 1.54) is 5.56 Å². The SMILES string of the molecule is CCC(NC(=O)CC1COCCN1)C(C)(C)c1ccccc1.Cl. The molecule has 1 aromatic rings. The second-order valence-corrected chi connectivity index (χ2v) is 6.55. The lowest BCUT2D eigenvalue weighted by Crippen LogP contribution is -2.50. The Balaban J connectivity index is 0.00000264. The van der Waals surface area contributed by atoms with Crippen LogP contribution in [0.4, 0.5) is 0 Å². The predicted octanol–water partition coefficient (Wildman–Crippen LogP) is 2.66. The van der Waals surface area contributed by atoms with E-state index in [2.05, 4.69) is 55.7 Å². The molecule has 2 rings (SSSR count). The molecule has 0 aromatic heterocycles. The Morgan fingerprint density at radius 1 is 1.39 bits per heavy atom. The van der Waals surface area contributed by atoms with E-state index in [0.29, 0.717) is 13.0 Å². The fourth-order valence-corrected chi connectivity index (χ4v) is 3.09. The molecule has 1 saturated heterocycles. The number of halogens is 1. The second kappa shape index (κ2) is 9.26. The number of carbonyl (C=O) groups excluding carboxylic acids is 1. The van der Waals surface area contributed by atoms with Crippen LogP contribution >= 0.6 is 12.4 Å². The average molecular weight is 341 g/mol. The summed E-state index contributed by atoms with van der Waals surface area (Å²) in [6, 6.07) is 10.6. The number of hydrogen-bond donors (Lipinski definition) is 2. The van der Waals surface area contributed by atoms with Crippen molar-refractivity contribution in [3.8, 4) is 0 Å². The topological polar surface area (TPSA) is 50.4 Å². The molecule has 1 amide bonds. The van der Waals surface area contributed by atoms with Gasteiger partial charge in [-0.25, -0.2) is 0 Å². The Morgan fingerprint density at radius 3 is 2.65 bits per heavy atom. The molecule has 1 aliphatic heterocycles. The Bertz CT molecular complexity index is 473. The maximum Gasteiger partial charge on any atom is 0.221 e. The minimum absolute atomic E-state index is 0. The first-order valence-electron chi connectivity index (χ1n) is 8.20. The maximum absolute atomic E-state index is 12.4. The lowest BCUT2D eigenvalue weighted by atomic mass is 9.76. The van der Waals surface area contributed by atoms with Crippen LogP contribution in [0, 0.1) is 0 Å². The third-order valence-electron chi connectivity index (χ3n) is 4.56. The molecule has 0 bridgehead atoms. The number of hydrogen-bond acceptors (Lipinski definition) is 3. The molecule has 1 fully saturated rings. The van der Waals surface area contributed by atoms with Crippen molar-refractivity contribution in [2.75, 3.05) is 19.8 Å². The van der Waals surface area contributed by atoms with Crippen molar-refractivity contribution in [2.24, 2.45) is 0 Å². The van der Waals surface area contributed by atoms with Gasteiger partial charge in [-0.1, -0.05) is 51.1 Å². The van der Waals surface area contributed by atoms with Crippen molar-refractivity contribution in [2.45, 2.75) is 51.1 Å². The molecule has 4 nitrogen and oxygen atoms in total. The van der Waals surface area contributed by atoms with Crippen molar-refractivity contribution in [3.63, 3.8) is 0 Å². The quantitative estimate of drug-likeness (QED) is 0.837. The van der Waals surface area contributed by atoms with Crippen LogP contribution in [0.15, 0.2) is 30.3 Å². The van der Waals surface area contributed by atoms with E-state index in [4.69, 9.17) is 4.74 Å². The molecular weight excluding hydrogens is 312 g/mol. The fraction of sp³-hybridized carbons (Fsp3) is 0.611. The standard InChI is InChI=1S/C18H28N2O2.ClH/c1-4-16(18(2,3)14-8-6-5-7-9-14)20-17(21)12-15-13-22-11-10-19-15;/h5-9,15-16,19H,4,10-13H2,1-3H3,(H,20,21);1H. The monoisotopic (exact) mass is 340 g/mol. The van der Waals surface area contributed by atoms with Gasteiger partial charge in [0.2, 0.25) is 5.91 Å². The molecule has 1 heterocycles. The first kappa shape index (κ1) is 19.9. The summed E-state index contributed by atoms with van der Waals surface area (Å²) in [5, 5.41) is 6.54. The van der Waals surface area contributed by atoms with Crippen LogP contribution in [-0.2, 0) is 14.9 Å². The Labute approximate surface area is 145 Å². The van der Waals surface area contributed by atoms with E-state index in [-0.39, 0.29) is 35.8 Å². The molecule has 2 unspecified atom stereocenters. The molecule has 2 N–H and O–H groups in total. The van der Waals surface area contributed by atoms with Gasteiger partial charge in [0.1, 0.15) is 0 Å². The summed E-state index contributed by atoms with van der Waals surface area (Å²) in [5.41, 5.74) is 1.16. The van der Waals surface area contributed by atoms with E-state index < -0.39 is 0 Å². The fourth-order valence-electron chi connectivity index (χ4n) is 3.09. The maximum atomic E-state index is 12.4. The zero-order valence-electron chi connectivity index (χ0n) is 14.3.